The van der Waals surface area contributed by atoms with E-state index in [1.165, 1.54) is 11.1 Å². The summed E-state index contributed by atoms with van der Waals surface area (Å²) in [6, 6.07) is 9.55. The van der Waals surface area contributed by atoms with Crippen molar-refractivity contribution in [2.45, 2.75) is 70.8 Å². The predicted molar refractivity (Wildman–Crippen MR) is 109 cm³/mol. The van der Waals surface area contributed by atoms with Crippen molar-refractivity contribution < 1.29 is 4.79 Å². The Kier molecular flexibility index (Phi) is 8.95. The Bertz CT molecular complexity index is 514. The number of piperidine rings is 1. The Balaban J connectivity index is 0.00000312. The van der Waals surface area contributed by atoms with Crippen molar-refractivity contribution in [3.8, 4) is 0 Å². The first kappa shape index (κ1) is 22.0. The molecule has 0 unspecified atom stereocenters. The molecule has 4 heteroatoms. The summed E-state index contributed by atoms with van der Waals surface area (Å²) in [5.74, 6) is 0.340. The van der Waals surface area contributed by atoms with Crippen LogP contribution < -0.4 is 5.32 Å². The van der Waals surface area contributed by atoms with Crippen LogP contribution in [0.1, 0.15) is 64.0 Å². The molecule has 0 radical (unpaired) electrons. The van der Waals surface area contributed by atoms with Crippen LogP contribution in [-0.2, 0) is 16.6 Å². The Labute approximate surface area is 160 Å². The van der Waals surface area contributed by atoms with Crippen LogP contribution in [0, 0.1) is 0 Å². The van der Waals surface area contributed by atoms with E-state index in [1.807, 2.05) is 11.9 Å². The molecule has 3 nitrogen and oxygen atoms in total. The van der Waals surface area contributed by atoms with Gasteiger partial charge in [0.25, 0.3) is 0 Å². The van der Waals surface area contributed by atoms with Gasteiger partial charge in [-0.3, -0.25) is 4.79 Å². The highest BCUT2D eigenvalue weighted by atomic mass is 35.5. The average molecular weight is 367 g/mol. The van der Waals surface area contributed by atoms with Gasteiger partial charge in [0, 0.05) is 25.6 Å². The van der Waals surface area contributed by atoms with E-state index in [1.54, 1.807) is 0 Å². The Morgan fingerprint density at radius 1 is 1.12 bits per heavy atom. The van der Waals surface area contributed by atoms with Gasteiger partial charge < -0.3 is 10.2 Å². The fourth-order valence-corrected chi connectivity index (χ4v) is 3.35. The van der Waals surface area contributed by atoms with Gasteiger partial charge in [-0.1, -0.05) is 45.0 Å². The van der Waals surface area contributed by atoms with E-state index < -0.39 is 0 Å². The zero-order chi connectivity index (χ0) is 17.6. The molecule has 1 heterocycles. The van der Waals surface area contributed by atoms with Gasteiger partial charge in [-0.05, 0) is 55.7 Å². The first-order chi connectivity index (χ1) is 11.4. The molecule has 1 saturated heterocycles. The summed E-state index contributed by atoms with van der Waals surface area (Å²) in [6.07, 6.45) is 6.02. The minimum Gasteiger partial charge on any atom is -0.343 e. The minimum absolute atomic E-state index is 0. The second-order valence-electron chi connectivity index (χ2n) is 8.10. The molecule has 1 aliphatic heterocycles. The lowest BCUT2D eigenvalue weighted by Crippen LogP contribution is -2.43. The SMILES string of the molecule is CNC1CCN(C(=O)CCCCc2ccc(C(C)(C)C)cc2)CC1.Cl. The number of rotatable bonds is 6. The molecule has 0 spiro atoms. The lowest BCUT2D eigenvalue weighted by atomic mass is 9.86. The zero-order valence-electron chi connectivity index (χ0n) is 16.3. The Morgan fingerprint density at radius 3 is 2.24 bits per heavy atom. The number of aryl methyl sites for hydroxylation is 1. The van der Waals surface area contributed by atoms with Gasteiger partial charge in [0.15, 0.2) is 0 Å². The topological polar surface area (TPSA) is 32.3 Å². The summed E-state index contributed by atoms with van der Waals surface area (Å²) in [5.41, 5.74) is 2.97. The molecule has 2 rings (SSSR count). The molecular formula is C21H35ClN2O. The van der Waals surface area contributed by atoms with Gasteiger partial charge in [-0.15, -0.1) is 12.4 Å². The average Bonchev–Trinajstić information content (AvgIpc) is 2.58. The third-order valence-corrected chi connectivity index (χ3v) is 5.18. The van der Waals surface area contributed by atoms with Crippen molar-refractivity contribution in [2.75, 3.05) is 20.1 Å². The monoisotopic (exact) mass is 366 g/mol. The summed E-state index contributed by atoms with van der Waals surface area (Å²) < 4.78 is 0. The molecule has 142 valence electrons. The summed E-state index contributed by atoms with van der Waals surface area (Å²) in [7, 11) is 2.01. The molecule has 0 aromatic heterocycles. The first-order valence-corrected chi connectivity index (χ1v) is 9.44. The highest BCUT2D eigenvalue weighted by Crippen LogP contribution is 2.22. The fourth-order valence-electron chi connectivity index (χ4n) is 3.35. The van der Waals surface area contributed by atoms with Gasteiger partial charge in [0.05, 0.1) is 0 Å². The molecular weight excluding hydrogens is 332 g/mol. The third kappa shape index (κ3) is 6.99. The maximum absolute atomic E-state index is 12.3. The molecule has 1 fully saturated rings. The van der Waals surface area contributed by atoms with Crippen molar-refractivity contribution in [3.05, 3.63) is 35.4 Å². The number of nitrogens with zero attached hydrogens (tertiary/aromatic N) is 1. The number of nitrogens with one attached hydrogen (secondary N) is 1. The van der Waals surface area contributed by atoms with Crippen LogP contribution in [0.25, 0.3) is 0 Å². The van der Waals surface area contributed by atoms with Crippen LogP contribution in [0.15, 0.2) is 24.3 Å². The van der Waals surface area contributed by atoms with Crippen molar-refractivity contribution in [1.29, 1.82) is 0 Å². The molecule has 0 bridgehead atoms. The molecule has 1 aromatic carbocycles. The van der Waals surface area contributed by atoms with Crippen molar-refractivity contribution in [2.24, 2.45) is 0 Å². The molecule has 1 aromatic rings. The standard InChI is InChI=1S/C21H34N2O.ClH/c1-21(2,3)18-11-9-17(10-12-18)7-5-6-8-20(24)23-15-13-19(22-4)14-16-23;/h9-12,19,22H,5-8,13-16H2,1-4H3;1H. The molecule has 1 amide bonds. The summed E-state index contributed by atoms with van der Waals surface area (Å²) in [6.45, 7) is 8.56. The van der Waals surface area contributed by atoms with Crippen molar-refractivity contribution in [1.82, 2.24) is 10.2 Å². The number of carbonyl (C=O) groups is 1. The quantitative estimate of drug-likeness (QED) is 0.760. The predicted octanol–water partition coefficient (Wildman–Crippen LogP) is 4.33. The van der Waals surface area contributed by atoms with Gasteiger partial charge in [0.1, 0.15) is 0 Å². The lowest BCUT2D eigenvalue weighted by molar-refractivity contribution is -0.132. The Hall–Kier alpha value is -1.06. The maximum atomic E-state index is 12.3. The van der Waals surface area contributed by atoms with Gasteiger partial charge in [-0.2, -0.15) is 0 Å². The summed E-state index contributed by atoms with van der Waals surface area (Å²) in [5, 5.41) is 3.31. The van der Waals surface area contributed by atoms with E-state index >= 15 is 0 Å². The number of unbranched alkanes of at least 4 members (excludes halogenated alkanes) is 1. The summed E-state index contributed by atoms with van der Waals surface area (Å²) in [4.78, 5) is 14.3. The van der Waals surface area contributed by atoms with Crippen LogP contribution >= 0.6 is 12.4 Å². The van der Waals surface area contributed by atoms with E-state index in [0.29, 0.717) is 18.4 Å². The number of likely N-dealkylation sites (tertiary alicyclic amines) is 1. The Morgan fingerprint density at radius 2 is 1.72 bits per heavy atom. The smallest absolute Gasteiger partial charge is 0.222 e. The maximum Gasteiger partial charge on any atom is 0.222 e. The van der Waals surface area contributed by atoms with Crippen LogP contribution in [0.4, 0.5) is 0 Å². The highest BCUT2D eigenvalue weighted by Gasteiger charge is 2.21. The normalized spacial score (nSPS) is 15.8. The van der Waals surface area contributed by atoms with Crippen LogP contribution in [0.3, 0.4) is 0 Å². The number of carbonyl (C=O) groups excluding carboxylic acids is 1. The molecule has 1 N–H and O–H groups in total. The molecule has 1 aliphatic rings. The van der Waals surface area contributed by atoms with Gasteiger partial charge in [-0.25, -0.2) is 0 Å². The van der Waals surface area contributed by atoms with Crippen LogP contribution in [-0.4, -0.2) is 37.0 Å². The number of halogens is 1. The molecule has 0 saturated carbocycles. The number of hydrogen-bond acceptors (Lipinski definition) is 2. The fraction of sp³-hybridized carbons (Fsp3) is 0.667. The van der Waals surface area contributed by atoms with E-state index in [-0.39, 0.29) is 17.8 Å². The van der Waals surface area contributed by atoms with Gasteiger partial charge >= 0.3 is 0 Å². The second kappa shape index (κ2) is 10.2. The van der Waals surface area contributed by atoms with Gasteiger partial charge in [0.2, 0.25) is 5.91 Å². The minimum atomic E-state index is 0. The summed E-state index contributed by atoms with van der Waals surface area (Å²) >= 11 is 0. The molecule has 0 atom stereocenters. The lowest BCUT2D eigenvalue weighted by Gasteiger charge is -2.31. The number of hydrogen-bond donors (Lipinski definition) is 1. The molecule has 25 heavy (non-hydrogen) atoms. The van der Waals surface area contributed by atoms with E-state index in [9.17, 15) is 4.79 Å². The van der Waals surface area contributed by atoms with E-state index in [2.05, 4.69) is 50.4 Å². The van der Waals surface area contributed by atoms with Crippen molar-refractivity contribution >= 4 is 18.3 Å². The number of amides is 1. The van der Waals surface area contributed by atoms with Crippen molar-refractivity contribution in [3.63, 3.8) is 0 Å². The zero-order valence-corrected chi connectivity index (χ0v) is 17.1. The highest BCUT2D eigenvalue weighted by molar-refractivity contribution is 5.85. The van der Waals surface area contributed by atoms with E-state index in [0.717, 1.165) is 45.2 Å². The first-order valence-electron chi connectivity index (χ1n) is 9.44. The second-order valence-corrected chi connectivity index (χ2v) is 8.10. The molecule has 0 aliphatic carbocycles. The number of benzene rings is 1. The third-order valence-electron chi connectivity index (χ3n) is 5.18. The largest absolute Gasteiger partial charge is 0.343 e. The van der Waals surface area contributed by atoms with Crippen LogP contribution in [0.2, 0.25) is 0 Å². The van der Waals surface area contributed by atoms with Crippen LogP contribution in [0.5, 0.6) is 0 Å². The van der Waals surface area contributed by atoms with E-state index in [4.69, 9.17) is 0 Å².